The van der Waals surface area contributed by atoms with Crippen LogP contribution < -0.4 is 15.4 Å². The van der Waals surface area contributed by atoms with Gasteiger partial charge in [-0.15, -0.1) is 5.10 Å². The van der Waals surface area contributed by atoms with E-state index in [2.05, 4.69) is 27.0 Å². The first-order valence-corrected chi connectivity index (χ1v) is 11.4. The van der Waals surface area contributed by atoms with E-state index in [-0.39, 0.29) is 11.7 Å². The van der Waals surface area contributed by atoms with Gasteiger partial charge in [0.1, 0.15) is 17.2 Å². The van der Waals surface area contributed by atoms with Gasteiger partial charge in [-0.05, 0) is 43.0 Å². The highest BCUT2D eigenvalue weighted by atomic mass is 16.5. The summed E-state index contributed by atoms with van der Waals surface area (Å²) in [5, 5.41) is 16.4. The van der Waals surface area contributed by atoms with Gasteiger partial charge in [0.05, 0.1) is 18.7 Å². The molecule has 0 unspecified atom stereocenters. The highest BCUT2D eigenvalue weighted by molar-refractivity contribution is 5.95. The fourth-order valence-electron chi connectivity index (χ4n) is 3.63. The average molecular weight is 474 g/mol. The van der Waals surface area contributed by atoms with Crippen LogP contribution in [0, 0.1) is 11.8 Å². The summed E-state index contributed by atoms with van der Waals surface area (Å²) < 4.78 is 5.56. The molecule has 1 saturated carbocycles. The smallest absolute Gasteiger partial charge is 0.288 e. The molecule has 1 aromatic heterocycles. The normalized spacial score (nSPS) is 15.7. The van der Waals surface area contributed by atoms with Crippen molar-refractivity contribution in [2.75, 3.05) is 18.6 Å². The summed E-state index contributed by atoms with van der Waals surface area (Å²) in [5.74, 6) is 6.70. The number of primary amides is 1. The zero-order valence-electron chi connectivity index (χ0n) is 19.5. The number of hydrogen-bond donors (Lipinski definition) is 3. The molecule has 4 N–H and O–H groups in total. The van der Waals surface area contributed by atoms with Crippen LogP contribution in [0.25, 0.3) is 0 Å². The van der Waals surface area contributed by atoms with E-state index < -0.39 is 11.5 Å². The Labute approximate surface area is 203 Å². The maximum Gasteiger partial charge on any atom is 0.288 e. The van der Waals surface area contributed by atoms with E-state index in [1.807, 2.05) is 48.5 Å². The Hall–Kier alpha value is -4.16. The van der Waals surface area contributed by atoms with Crippen molar-refractivity contribution in [2.24, 2.45) is 5.73 Å². The molecule has 9 heteroatoms. The van der Waals surface area contributed by atoms with E-state index in [4.69, 9.17) is 10.5 Å². The number of nitrogens with one attached hydrogen (secondary N) is 1. The Morgan fingerprint density at radius 3 is 2.69 bits per heavy atom. The van der Waals surface area contributed by atoms with Crippen molar-refractivity contribution in [3.05, 3.63) is 71.3 Å². The number of H-pyrrole nitrogens is 1. The highest BCUT2D eigenvalue weighted by Gasteiger charge is 2.32. The minimum atomic E-state index is -0.814. The van der Waals surface area contributed by atoms with Crippen molar-refractivity contribution >= 4 is 17.5 Å². The van der Waals surface area contributed by atoms with Gasteiger partial charge in [-0.2, -0.15) is 0 Å². The van der Waals surface area contributed by atoms with Crippen LogP contribution >= 0.6 is 0 Å². The second kappa shape index (κ2) is 10.4. The zero-order valence-corrected chi connectivity index (χ0v) is 19.5. The quantitative estimate of drug-likeness (QED) is 0.499. The predicted octanol–water partition coefficient (Wildman–Crippen LogP) is 2.19. The predicted molar refractivity (Wildman–Crippen MR) is 130 cm³/mol. The lowest BCUT2D eigenvalue weighted by Crippen LogP contribution is -2.34. The maximum atomic E-state index is 11.8. The van der Waals surface area contributed by atoms with Gasteiger partial charge in [-0.25, -0.2) is 4.98 Å². The van der Waals surface area contributed by atoms with E-state index in [1.54, 1.807) is 11.9 Å². The second-order valence-electron chi connectivity index (χ2n) is 8.50. The molecule has 0 radical (unpaired) electrons. The molecular weight excluding hydrogens is 446 g/mol. The summed E-state index contributed by atoms with van der Waals surface area (Å²) in [6.45, 7) is 0.404. The first-order valence-electron chi connectivity index (χ1n) is 11.4. The molecule has 0 atom stereocenters. The van der Waals surface area contributed by atoms with Gasteiger partial charge >= 0.3 is 0 Å². The highest BCUT2D eigenvalue weighted by Crippen LogP contribution is 2.33. The minimum absolute atomic E-state index is 0.0286. The molecule has 2 heterocycles. The third-order valence-electron chi connectivity index (χ3n) is 5.85. The van der Waals surface area contributed by atoms with Gasteiger partial charge < -0.3 is 20.5 Å². The van der Waals surface area contributed by atoms with E-state index in [0.29, 0.717) is 31.0 Å². The largest absolute Gasteiger partial charge is 0.491 e. The van der Waals surface area contributed by atoms with Gasteiger partial charge in [-0.1, -0.05) is 42.2 Å². The minimum Gasteiger partial charge on any atom is -0.491 e. The molecular formula is C26H27N5O4. The molecule has 2 aliphatic rings. The van der Waals surface area contributed by atoms with E-state index in [9.17, 15) is 14.7 Å². The first-order chi connectivity index (χ1) is 16.8. The van der Waals surface area contributed by atoms with Crippen molar-refractivity contribution in [3.8, 4) is 17.6 Å². The van der Waals surface area contributed by atoms with Crippen molar-refractivity contribution in [1.82, 2.24) is 15.2 Å². The standard InChI is InChI=1S/C16H17NO3.C10H10N4O/c1-17-13-11-12(5-9-16(19)7-2-8-16)3-4-14(13)20-10-6-15(17)18;11-9(15)10-12-8(13-14-10)6-7-4-2-1-3-5-7/h3-4,11,19H,2,6-8,10H2,1H3;1-5H,6H2,(H2,11,15)(H,12,13,14). The van der Waals surface area contributed by atoms with Gasteiger partial charge in [0.25, 0.3) is 5.91 Å². The van der Waals surface area contributed by atoms with Crippen LogP contribution in [-0.2, 0) is 11.2 Å². The van der Waals surface area contributed by atoms with Gasteiger partial charge in [-0.3, -0.25) is 14.7 Å². The van der Waals surface area contributed by atoms with Crippen LogP contribution in [0.5, 0.6) is 5.75 Å². The van der Waals surface area contributed by atoms with Crippen LogP contribution in [0.3, 0.4) is 0 Å². The molecule has 2 aromatic carbocycles. The SMILES string of the molecule is CN1C(=O)CCOc2ccc(C#CC3(O)CCC3)cc21.NC(=O)c1n[nH]c(Cc2ccccc2)n1. The number of anilines is 1. The number of nitrogens with two attached hydrogens (primary N) is 1. The average Bonchev–Trinajstić information content (AvgIpc) is 3.26. The van der Waals surface area contributed by atoms with Gasteiger partial charge in [0.15, 0.2) is 0 Å². The number of carbonyl (C=O) groups excluding carboxylic acids is 2. The Morgan fingerprint density at radius 2 is 2.03 bits per heavy atom. The monoisotopic (exact) mass is 473 g/mol. The molecule has 3 aromatic rings. The lowest BCUT2D eigenvalue weighted by molar-refractivity contribution is -0.118. The molecule has 1 fully saturated rings. The zero-order chi connectivity index (χ0) is 24.8. The number of benzene rings is 2. The molecule has 2 amide bonds. The lowest BCUT2D eigenvalue weighted by Gasteiger charge is -2.30. The molecule has 0 saturated heterocycles. The number of ether oxygens (including phenoxy) is 1. The molecule has 180 valence electrons. The number of carbonyl (C=O) groups is 2. The number of aliphatic hydroxyl groups is 1. The third kappa shape index (κ3) is 6.05. The van der Waals surface area contributed by atoms with E-state index in [0.717, 1.165) is 36.1 Å². The van der Waals surface area contributed by atoms with E-state index in [1.165, 1.54) is 0 Å². The number of aromatic nitrogens is 3. The fraction of sp³-hybridized carbons (Fsp3) is 0.308. The van der Waals surface area contributed by atoms with Crippen LogP contribution in [-0.4, -0.2) is 51.4 Å². The molecule has 1 aliphatic heterocycles. The summed E-state index contributed by atoms with van der Waals surface area (Å²) >= 11 is 0. The fourth-order valence-corrected chi connectivity index (χ4v) is 3.63. The number of rotatable bonds is 3. The Balaban J connectivity index is 0.000000172. The van der Waals surface area contributed by atoms with Gasteiger partial charge in [0, 0.05) is 19.0 Å². The van der Waals surface area contributed by atoms with Crippen molar-refractivity contribution in [2.45, 2.75) is 37.7 Å². The maximum absolute atomic E-state index is 11.8. The number of amides is 2. The molecule has 9 nitrogen and oxygen atoms in total. The van der Waals surface area contributed by atoms with Crippen LogP contribution in [0.4, 0.5) is 5.69 Å². The van der Waals surface area contributed by atoms with Gasteiger partial charge in [0.2, 0.25) is 11.7 Å². The number of nitrogens with zero attached hydrogens (tertiary/aromatic N) is 3. The molecule has 35 heavy (non-hydrogen) atoms. The van der Waals surface area contributed by atoms with E-state index >= 15 is 0 Å². The lowest BCUT2D eigenvalue weighted by atomic mass is 9.81. The molecule has 0 spiro atoms. The molecule has 1 aliphatic carbocycles. The summed E-state index contributed by atoms with van der Waals surface area (Å²) in [4.78, 5) is 28.1. The number of fused-ring (bicyclic) bond motifs is 1. The second-order valence-corrected chi connectivity index (χ2v) is 8.50. The first kappa shape index (κ1) is 24.0. The van der Waals surface area contributed by atoms with Crippen LogP contribution in [0.15, 0.2) is 48.5 Å². The van der Waals surface area contributed by atoms with Crippen LogP contribution in [0.1, 0.15) is 53.3 Å². The van der Waals surface area contributed by atoms with Crippen molar-refractivity contribution < 1.29 is 19.4 Å². The third-order valence-corrected chi connectivity index (χ3v) is 5.85. The van der Waals surface area contributed by atoms with Crippen LogP contribution in [0.2, 0.25) is 0 Å². The van der Waals surface area contributed by atoms with Crippen molar-refractivity contribution in [3.63, 3.8) is 0 Å². The number of hydrogen-bond acceptors (Lipinski definition) is 6. The Bertz CT molecular complexity index is 1270. The topological polar surface area (TPSA) is 134 Å². The number of aromatic amines is 1. The summed E-state index contributed by atoms with van der Waals surface area (Å²) in [7, 11) is 1.74. The summed E-state index contributed by atoms with van der Waals surface area (Å²) in [6.07, 6.45) is 3.51. The summed E-state index contributed by atoms with van der Waals surface area (Å²) in [5.41, 5.74) is 6.85. The Morgan fingerprint density at radius 1 is 1.26 bits per heavy atom. The Kier molecular flexibility index (Phi) is 7.13. The summed E-state index contributed by atoms with van der Waals surface area (Å²) in [6, 6.07) is 15.3. The van der Waals surface area contributed by atoms with Crippen molar-refractivity contribution in [1.29, 1.82) is 0 Å². The molecule has 5 rings (SSSR count). The molecule has 0 bridgehead atoms.